The molecule has 1 rings (SSSR count). The van der Waals surface area contributed by atoms with Gasteiger partial charge in [-0.05, 0) is 13.0 Å². The molecule has 0 fully saturated rings. The van der Waals surface area contributed by atoms with Crippen LogP contribution in [0.4, 0.5) is 17.3 Å². The molecule has 102 valence electrons. The van der Waals surface area contributed by atoms with E-state index in [0.717, 1.165) is 12.1 Å². The average Bonchev–Trinajstić information content (AvgIpc) is 2.24. The van der Waals surface area contributed by atoms with E-state index in [1.54, 1.807) is 6.92 Å². The molecular formula is C11H14BF4O2-. The van der Waals surface area contributed by atoms with Crippen molar-refractivity contribution in [3.63, 3.8) is 0 Å². The highest BCUT2D eigenvalue weighted by Gasteiger charge is 2.29. The summed E-state index contributed by atoms with van der Waals surface area (Å²) in [6, 6.07) is 2.58. The zero-order valence-electron chi connectivity index (χ0n) is 10.1. The Labute approximate surface area is 103 Å². The molecule has 0 saturated heterocycles. The van der Waals surface area contributed by atoms with Crippen LogP contribution in [0.15, 0.2) is 18.2 Å². The van der Waals surface area contributed by atoms with Gasteiger partial charge in [0, 0.05) is 26.2 Å². The van der Waals surface area contributed by atoms with Gasteiger partial charge >= 0.3 is 6.98 Å². The van der Waals surface area contributed by atoms with Gasteiger partial charge in [0.2, 0.25) is 0 Å². The minimum absolute atomic E-state index is 0.0832. The molecule has 0 aromatic heterocycles. The topological polar surface area (TPSA) is 18.5 Å². The first kappa shape index (κ1) is 14.8. The van der Waals surface area contributed by atoms with Crippen LogP contribution < -0.4 is 10.2 Å². The second-order valence-corrected chi connectivity index (χ2v) is 3.97. The van der Waals surface area contributed by atoms with E-state index in [-0.39, 0.29) is 11.9 Å². The Morgan fingerprint density at radius 1 is 1.28 bits per heavy atom. The number of hydrogen-bond donors (Lipinski definition) is 0. The lowest BCUT2D eigenvalue weighted by Crippen LogP contribution is -2.36. The quantitative estimate of drug-likeness (QED) is 0.581. The zero-order chi connectivity index (χ0) is 13.8. The smallest absolute Gasteiger partial charge is 0.491 e. The summed E-state index contributed by atoms with van der Waals surface area (Å²) in [6.45, 7) is -3.13. The first-order valence-electron chi connectivity index (χ1n) is 5.49. The molecule has 0 aliphatic rings. The summed E-state index contributed by atoms with van der Waals surface area (Å²) in [6.07, 6.45) is 0.315. The Balaban J connectivity index is 2.73. The van der Waals surface area contributed by atoms with E-state index >= 15 is 0 Å². The maximum atomic E-state index is 13.2. The van der Waals surface area contributed by atoms with E-state index in [2.05, 4.69) is 0 Å². The highest BCUT2D eigenvalue weighted by molar-refractivity contribution is 6.73. The number of halogens is 4. The van der Waals surface area contributed by atoms with Gasteiger partial charge in [0.15, 0.2) is 0 Å². The van der Waals surface area contributed by atoms with Gasteiger partial charge in [0.05, 0.1) is 11.9 Å². The molecule has 0 bridgehead atoms. The van der Waals surface area contributed by atoms with Crippen LogP contribution in [0.3, 0.4) is 0 Å². The predicted molar refractivity (Wildman–Crippen MR) is 61.7 cm³/mol. The van der Waals surface area contributed by atoms with Crippen LogP contribution in [0.1, 0.15) is 13.3 Å². The van der Waals surface area contributed by atoms with Crippen LogP contribution in [-0.2, 0) is 4.74 Å². The second-order valence-electron chi connectivity index (χ2n) is 3.97. The molecule has 18 heavy (non-hydrogen) atoms. The molecule has 0 N–H and O–H groups in total. The third-order valence-electron chi connectivity index (χ3n) is 2.39. The van der Waals surface area contributed by atoms with Crippen molar-refractivity contribution in [1.82, 2.24) is 0 Å². The third kappa shape index (κ3) is 4.21. The Kier molecular flexibility index (Phi) is 5.01. The summed E-state index contributed by atoms with van der Waals surface area (Å²) in [5.41, 5.74) is -1.23. The molecular weight excluding hydrogens is 251 g/mol. The van der Waals surface area contributed by atoms with Crippen molar-refractivity contribution in [2.75, 3.05) is 13.7 Å². The number of hydrogen-bond acceptors (Lipinski definition) is 2. The van der Waals surface area contributed by atoms with E-state index in [1.807, 2.05) is 0 Å². The maximum Gasteiger partial charge on any atom is 0.512 e. The van der Waals surface area contributed by atoms with Crippen molar-refractivity contribution in [3.8, 4) is 5.75 Å². The van der Waals surface area contributed by atoms with Crippen molar-refractivity contribution >= 4 is 12.4 Å². The lowest BCUT2D eigenvalue weighted by atomic mass is 9.80. The van der Waals surface area contributed by atoms with Gasteiger partial charge < -0.3 is 22.4 Å². The second kappa shape index (κ2) is 6.09. The molecule has 0 aliphatic carbocycles. The summed E-state index contributed by atoms with van der Waals surface area (Å²) in [5.74, 6) is -1.22. The van der Waals surface area contributed by atoms with Crippen molar-refractivity contribution in [2.45, 2.75) is 19.4 Å². The Morgan fingerprint density at radius 3 is 2.44 bits per heavy atom. The molecule has 1 aromatic rings. The predicted octanol–water partition coefficient (Wildman–Crippen LogP) is 2.68. The number of methoxy groups -OCH3 is 1. The molecule has 7 heteroatoms. The van der Waals surface area contributed by atoms with Gasteiger partial charge in [-0.15, -0.1) is 0 Å². The standard InChI is InChI=1S/C11H14BF4O2/c1-8(5-6-17-2)18-9-3-4-10(11(13)7-9)12(14,15)16/h3-4,7-8H,5-6H2,1-2H3/q-1. The van der Waals surface area contributed by atoms with Crippen LogP contribution >= 0.6 is 0 Å². The van der Waals surface area contributed by atoms with E-state index in [1.165, 1.54) is 7.11 Å². The van der Waals surface area contributed by atoms with E-state index in [9.17, 15) is 17.3 Å². The third-order valence-corrected chi connectivity index (χ3v) is 2.39. The monoisotopic (exact) mass is 265 g/mol. The normalized spacial score (nSPS) is 13.4. The summed E-state index contributed by atoms with van der Waals surface area (Å²) in [7, 11) is 1.53. The fourth-order valence-corrected chi connectivity index (χ4v) is 1.42. The van der Waals surface area contributed by atoms with Crippen molar-refractivity contribution in [2.24, 2.45) is 0 Å². The summed E-state index contributed by atoms with van der Waals surface area (Å²) < 4.78 is 60.5. The van der Waals surface area contributed by atoms with Gasteiger partial charge in [-0.3, -0.25) is 0 Å². The molecule has 0 saturated carbocycles. The van der Waals surface area contributed by atoms with E-state index < -0.39 is 18.3 Å². The van der Waals surface area contributed by atoms with Gasteiger partial charge in [0.25, 0.3) is 0 Å². The first-order chi connectivity index (χ1) is 8.34. The van der Waals surface area contributed by atoms with Crippen LogP contribution in [0.5, 0.6) is 5.75 Å². The molecule has 0 amide bonds. The number of ether oxygens (including phenoxy) is 2. The lowest BCUT2D eigenvalue weighted by Gasteiger charge is -2.18. The maximum absolute atomic E-state index is 13.2. The Bertz CT molecular complexity index is 395. The molecule has 1 unspecified atom stereocenters. The number of benzene rings is 1. The van der Waals surface area contributed by atoms with Crippen LogP contribution in [0.25, 0.3) is 0 Å². The van der Waals surface area contributed by atoms with E-state index in [0.29, 0.717) is 19.1 Å². The zero-order valence-corrected chi connectivity index (χ0v) is 10.1. The molecule has 0 aliphatic heterocycles. The highest BCUT2D eigenvalue weighted by atomic mass is 19.4. The van der Waals surface area contributed by atoms with Gasteiger partial charge in [-0.2, -0.15) is 0 Å². The van der Waals surface area contributed by atoms with E-state index in [4.69, 9.17) is 9.47 Å². The van der Waals surface area contributed by atoms with Crippen molar-refractivity contribution in [1.29, 1.82) is 0 Å². The summed E-state index contributed by atoms with van der Waals surface area (Å²) >= 11 is 0. The Hall–Kier alpha value is -1.24. The average molecular weight is 265 g/mol. The SMILES string of the molecule is COCCC(C)Oc1ccc([B-](F)(F)F)c(F)c1. The van der Waals surface area contributed by atoms with Crippen LogP contribution in [0, 0.1) is 5.82 Å². The summed E-state index contributed by atoms with van der Waals surface area (Å²) in [4.78, 5) is 0. The molecule has 0 heterocycles. The van der Waals surface area contributed by atoms with Gasteiger partial charge in [-0.1, -0.05) is 11.5 Å². The minimum atomic E-state index is -5.33. The van der Waals surface area contributed by atoms with Crippen LogP contribution in [0.2, 0.25) is 0 Å². The lowest BCUT2D eigenvalue weighted by molar-refractivity contribution is 0.135. The molecule has 1 atom stereocenters. The van der Waals surface area contributed by atoms with Crippen molar-refractivity contribution in [3.05, 3.63) is 24.0 Å². The molecule has 2 nitrogen and oxygen atoms in total. The molecule has 0 radical (unpaired) electrons. The number of rotatable bonds is 6. The fourth-order valence-electron chi connectivity index (χ4n) is 1.42. The first-order valence-corrected chi connectivity index (χ1v) is 5.49. The van der Waals surface area contributed by atoms with Gasteiger partial charge in [0.1, 0.15) is 5.75 Å². The fraction of sp³-hybridized carbons (Fsp3) is 0.455. The van der Waals surface area contributed by atoms with Crippen molar-refractivity contribution < 1.29 is 26.8 Å². The highest BCUT2D eigenvalue weighted by Crippen LogP contribution is 2.18. The Morgan fingerprint density at radius 2 is 1.94 bits per heavy atom. The summed E-state index contributed by atoms with van der Waals surface area (Å²) in [5, 5.41) is 0. The van der Waals surface area contributed by atoms with Gasteiger partial charge in [-0.25, -0.2) is 4.39 Å². The molecule has 0 spiro atoms. The molecule has 1 aromatic carbocycles. The minimum Gasteiger partial charge on any atom is -0.491 e. The van der Waals surface area contributed by atoms with Crippen LogP contribution in [-0.4, -0.2) is 26.8 Å². The largest absolute Gasteiger partial charge is 0.512 e.